The van der Waals surface area contributed by atoms with Gasteiger partial charge in [0.05, 0.1) is 21.9 Å². The number of aryl methyl sites for hydroxylation is 2. The van der Waals surface area contributed by atoms with Crippen molar-refractivity contribution in [3.63, 3.8) is 0 Å². The van der Waals surface area contributed by atoms with Crippen molar-refractivity contribution < 1.29 is 21.0 Å². The third-order valence-electron chi connectivity index (χ3n) is 8.27. The molecule has 238 valence electrons. The Morgan fingerprint density at radius 1 is 0.578 bits per heavy atom. The van der Waals surface area contributed by atoms with E-state index in [1.165, 1.54) is 8.61 Å². The molecule has 1 fully saturated rings. The van der Waals surface area contributed by atoms with Gasteiger partial charge in [0.25, 0.3) is 0 Å². The maximum atomic E-state index is 14.5. The topological polar surface area (TPSA) is 91.8 Å². The summed E-state index contributed by atoms with van der Waals surface area (Å²) >= 11 is 5.56. The lowest BCUT2D eigenvalue weighted by atomic mass is 10.1. The molecule has 7 nitrogen and oxygen atoms in total. The van der Waals surface area contributed by atoms with E-state index in [2.05, 4.69) is 0 Å². The second-order valence-electron chi connectivity index (χ2n) is 11.3. The molecule has 1 aliphatic rings. The Balaban J connectivity index is 1.66. The van der Waals surface area contributed by atoms with Crippen molar-refractivity contribution in [2.24, 2.45) is 0 Å². The molecular weight excluding hydrogens is 645 g/mol. The molecule has 1 saturated heterocycles. The molecular formula is C34H38N2O5S4. The van der Waals surface area contributed by atoms with Gasteiger partial charge in [-0.1, -0.05) is 98.8 Å². The SMILES string of the molecule is CCc1ccc(S(=O)(=O)N(Cc2ccccc2)[C@@H]2CS(=O)(=S)C[C@H]2N(Cc2ccccc2)S(=O)(=O)c2ccc(CC)cc2)cc1. The molecule has 45 heavy (non-hydrogen) atoms. The van der Waals surface area contributed by atoms with Gasteiger partial charge in [-0.2, -0.15) is 8.61 Å². The third kappa shape index (κ3) is 7.56. The summed E-state index contributed by atoms with van der Waals surface area (Å²) in [5.74, 6) is -0.274. The maximum Gasteiger partial charge on any atom is 0.243 e. The van der Waals surface area contributed by atoms with Crippen molar-refractivity contribution in [1.82, 2.24) is 8.61 Å². The predicted octanol–water partition coefficient (Wildman–Crippen LogP) is 5.39. The van der Waals surface area contributed by atoms with Crippen molar-refractivity contribution in [1.29, 1.82) is 0 Å². The number of hydrogen-bond acceptors (Lipinski definition) is 6. The Kier molecular flexibility index (Phi) is 10.3. The first-order valence-corrected chi connectivity index (χ1v) is 20.6. The van der Waals surface area contributed by atoms with Crippen molar-refractivity contribution >= 4 is 39.7 Å². The maximum absolute atomic E-state index is 14.5. The quantitative estimate of drug-likeness (QED) is 0.199. The van der Waals surface area contributed by atoms with Crippen LogP contribution in [-0.4, -0.2) is 53.2 Å². The summed E-state index contributed by atoms with van der Waals surface area (Å²) in [5, 5.41) is 0. The summed E-state index contributed by atoms with van der Waals surface area (Å²) in [7, 11) is -11.4. The first-order chi connectivity index (χ1) is 21.4. The van der Waals surface area contributed by atoms with E-state index in [0.29, 0.717) is 0 Å². The zero-order chi connectivity index (χ0) is 32.2. The van der Waals surface area contributed by atoms with Crippen LogP contribution >= 0.6 is 0 Å². The minimum atomic E-state index is -4.18. The van der Waals surface area contributed by atoms with Crippen LogP contribution in [0.4, 0.5) is 0 Å². The van der Waals surface area contributed by atoms with Gasteiger partial charge in [0, 0.05) is 33.1 Å². The molecule has 0 spiro atoms. The van der Waals surface area contributed by atoms with Gasteiger partial charge in [0.15, 0.2) is 0 Å². The van der Waals surface area contributed by atoms with E-state index in [0.717, 1.165) is 35.1 Å². The fourth-order valence-corrected chi connectivity index (χ4v) is 12.0. The lowest BCUT2D eigenvalue weighted by molar-refractivity contribution is 0.219. The smallest absolute Gasteiger partial charge is 0.243 e. The van der Waals surface area contributed by atoms with E-state index >= 15 is 0 Å². The molecule has 2 atom stereocenters. The summed E-state index contributed by atoms with van der Waals surface area (Å²) in [4.78, 5) is 0.175. The average molecular weight is 683 g/mol. The molecule has 0 radical (unpaired) electrons. The summed E-state index contributed by atoms with van der Waals surface area (Å²) in [6.45, 7) is 3.92. The van der Waals surface area contributed by atoms with Crippen LogP contribution in [0.1, 0.15) is 36.1 Å². The molecule has 5 rings (SSSR count). The predicted molar refractivity (Wildman–Crippen MR) is 183 cm³/mol. The molecule has 0 amide bonds. The van der Waals surface area contributed by atoms with Crippen molar-refractivity contribution in [2.75, 3.05) is 11.5 Å². The number of rotatable bonds is 12. The summed E-state index contributed by atoms with van der Waals surface area (Å²) in [6, 6.07) is 29.8. The van der Waals surface area contributed by atoms with Crippen molar-refractivity contribution in [3.05, 3.63) is 131 Å². The zero-order valence-corrected chi connectivity index (χ0v) is 28.6. The Bertz CT molecular complexity index is 1780. The molecule has 1 heterocycles. The molecule has 4 aromatic carbocycles. The van der Waals surface area contributed by atoms with Gasteiger partial charge in [-0.3, -0.25) is 4.21 Å². The zero-order valence-electron chi connectivity index (χ0n) is 25.4. The molecule has 11 heteroatoms. The highest BCUT2D eigenvalue weighted by atomic mass is 32.8. The summed E-state index contributed by atoms with van der Waals surface area (Å²) in [6.07, 6.45) is 1.50. The van der Waals surface area contributed by atoms with Gasteiger partial charge in [-0.25, -0.2) is 16.8 Å². The highest BCUT2D eigenvalue weighted by Gasteiger charge is 2.49. The van der Waals surface area contributed by atoms with E-state index in [-0.39, 0.29) is 34.4 Å². The monoisotopic (exact) mass is 682 g/mol. The third-order valence-corrected chi connectivity index (χ3v) is 14.6. The van der Waals surface area contributed by atoms with Gasteiger partial charge >= 0.3 is 0 Å². The number of benzene rings is 4. The lowest BCUT2D eigenvalue weighted by Crippen LogP contribution is -2.54. The number of sulfonamides is 2. The fourth-order valence-electron chi connectivity index (χ4n) is 5.71. The van der Waals surface area contributed by atoms with Gasteiger partial charge < -0.3 is 0 Å². The minimum absolute atomic E-state index is 0.0326. The minimum Gasteiger partial charge on any atom is -0.257 e. The standard InChI is InChI=1S/C34H38N2O5S4/c1-3-27-15-19-31(20-16-27)44(38,39)35(23-29-11-7-5-8-12-29)33-25-43(37,42)26-34(33)36(24-30-13-9-6-10-14-30)45(40,41)32-21-17-28(4-2)18-22-32/h5-22,33-34H,3-4,23-26H2,1-2H3/t33-,34-/m1/s1. The highest BCUT2D eigenvalue weighted by Crippen LogP contribution is 2.34. The van der Waals surface area contributed by atoms with E-state index < -0.39 is 40.6 Å². The van der Waals surface area contributed by atoms with E-state index in [1.807, 2.05) is 74.5 Å². The first-order valence-electron chi connectivity index (χ1n) is 14.9. The molecule has 0 N–H and O–H groups in total. The van der Waals surface area contributed by atoms with E-state index in [9.17, 15) is 21.0 Å². The van der Waals surface area contributed by atoms with Crippen LogP contribution in [0.25, 0.3) is 0 Å². The number of nitrogens with zero attached hydrogens (tertiary/aromatic N) is 2. The van der Waals surface area contributed by atoms with Crippen LogP contribution in [0.2, 0.25) is 0 Å². The second kappa shape index (κ2) is 13.8. The molecule has 4 aromatic rings. The number of hydrogen-bond donors (Lipinski definition) is 0. The highest BCUT2D eigenvalue weighted by molar-refractivity contribution is 8.33. The van der Waals surface area contributed by atoms with E-state index in [1.54, 1.807) is 48.5 Å². The van der Waals surface area contributed by atoms with Gasteiger partial charge in [0.2, 0.25) is 20.0 Å². The van der Waals surface area contributed by atoms with Gasteiger partial charge in [-0.05, 0) is 70.5 Å². The molecule has 0 saturated carbocycles. The lowest BCUT2D eigenvalue weighted by Gasteiger charge is -2.37. The average Bonchev–Trinajstić information content (AvgIpc) is 3.37. The normalized spacial score (nSPS) is 18.4. The summed E-state index contributed by atoms with van der Waals surface area (Å²) in [5.41, 5.74) is 3.43. The Hall–Kier alpha value is -2.93. The largest absolute Gasteiger partial charge is 0.257 e. The molecule has 1 aliphatic heterocycles. The van der Waals surface area contributed by atoms with Crippen molar-refractivity contribution in [2.45, 2.75) is 61.7 Å². The van der Waals surface area contributed by atoms with E-state index in [4.69, 9.17) is 11.2 Å². The van der Waals surface area contributed by atoms with Crippen molar-refractivity contribution in [3.8, 4) is 0 Å². The molecule has 0 aromatic heterocycles. The molecule has 0 bridgehead atoms. The first kappa shape index (κ1) is 33.4. The van der Waals surface area contributed by atoms with Crippen LogP contribution in [0, 0.1) is 0 Å². The molecule has 0 aliphatic carbocycles. The van der Waals surface area contributed by atoms with Crippen LogP contribution in [0.15, 0.2) is 119 Å². The second-order valence-corrected chi connectivity index (χ2v) is 19.0. The Morgan fingerprint density at radius 2 is 0.911 bits per heavy atom. The Labute approximate surface area is 272 Å². The Morgan fingerprint density at radius 3 is 1.22 bits per heavy atom. The van der Waals surface area contributed by atoms with Crippen LogP contribution in [-0.2, 0) is 65.7 Å². The van der Waals surface area contributed by atoms with Gasteiger partial charge in [-0.15, -0.1) is 0 Å². The van der Waals surface area contributed by atoms with Gasteiger partial charge in [0.1, 0.15) is 0 Å². The fraction of sp³-hybridized carbons (Fsp3) is 0.294. The van der Waals surface area contributed by atoms with Crippen LogP contribution in [0.5, 0.6) is 0 Å². The van der Waals surface area contributed by atoms with Crippen LogP contribution in [0.3, 0.4) is 0 Å². The van der Waals surface area contributed by atoms with Crippen LogP contribution < -0.4 is 0 Å². The molecule has 0 unspecified atom stereocenters. The summed E-state index contributed by atoms with van der Waals surface area (Å²) < 4.78 is 74.4.